The van der Waals surface area contributed by atoms with E-state index in [4.69, 9.17) is 9.47 Å². The zero-order valence-corrected chi connectivity index (χ0v) is 16.6. The number of H-pyrrole nitrogens is 1. The summed E-state index contributed by atoms with van der Waals surface area (Å²) in [6.07, 6.45) is 3.73. The molecule has 0 spiro atoms. The molecule has 2 aliphatic carbocycles. The third-order valence-corrected chi connectivity index (χ3v) is 5.86. The summed E-state index contributed by atoms with van der Waals surface area (Å²) in [7, 11) is 0. The third kappa shape index (κ3) is 3.88. The van der Waals surface area contributed by atoms with Gasteiger partial charge in [0.25, 0.3) is 0 Å². The van der Waals surface area contributed by atoms with E-state index in [1.807, 2.05) is 0 Å². The molecule has 1 N–H and O–H groups in total. The van der Waals surface area contributed by atoms with Crippen LogP contribution in [-0.4, -0.2) is 41.7 Å². The van der Waals surface area contributed by atoms with E-state index in [0.717, 1.165) is 19.3 Å². The van der Waals surface area contributed by atoms with Gasteiger partial charge in [-0.15, -0.1) is 0 Å². The molecule has 0 radical (unpaired) electrons. The van der Waals surface area contributed by atoms with Crippen LogP contribution >= 0.6 is 0 Å². The highest BCUT2D eigenvalue weighted by Crippen LogP contribution is 2.40. The number of aryl methyl sites for hydroxylation is 2. The number of esters is 2. The summed E-state index contributed by atoms with van der Waals surface area (Å²) in [6.45, 7) is 4.86. The average molecular weight is 389 g/mol. The Kier molecular flexibility index (Phi) is 6.01. The molecule has 1 unspecified atom stereocenters. The maximum atomic E-state index is 12.7. The first kappa shape index (κ1) is 20.3. The van der Waals surface area contributed by atoms with E-state index >= 15 is 0 Å². The number of ether oxygens (including phenoxy) is 2. The number of nitrogens with one attached hydrogen (secondary N) is 1. The van der Waals surface area contributed by atoms with Crippen molar-refractivity contribution in [3.8, 4) is 0 Å². The number of rotatable bonds is 6. The van der Waals surface area contributed by atoms with E-state index in [0.29, 0.717) is 24.2 Å². The Balaban J connectivity index is 1.65. The molecule has 1 heterocycles. The Morgan fingerprint density at radius 2 is 1.61 bits per heavy atom. The summed E-state index contributed by atoms with van der Waals surface area (Å²) in [5, 5.41) is 0. The predicted molar refractivity (Wildman–Crippen MR) is 100 cm³/mol. The topological polar surface area (TPSA) is 103 Å². The Bertz CT molecular complexity index is 792. The van der Waals surface area contributed by atoms with Crippen LogP contribution in [0.3, 0.4) is 0 Å². The zero-order valence-electron chi connectivity index (χ0n) is 16.6. The standard InChI is InChI=1S/C21H27NO6/c1-4-27-21(26)18-12(3)22-11(2)17(18)16(23)10-28-20(25)15-8-13-6-5-7-14(9-15)19(13)24/h13-15,22H,4-10H2,1-3H3/t13-,14+,15?. The molecular formula is C21H27NO6. The normalized spacial score (nSPS) is 24.0. The lowest BCUT2D eigenvalue weighted by Crippen LogP contribution is -2.39. The number of hydrogen-bond acceptors (Lipinski definition) is 6. The smallest absolute Gasteiger partial charge is 0.340 e. The number of ketones is 2. The van der Waals surface area contributed by atoms with E-state index < -0.39 is 24.3 Å². The van der Waals surface area contributed by atoms with Gasteiger partial charge in [0.2, 0.25) is 5.78 Å². The highest BCUT2D eigenvalue weighted by molar-refractivity contribution is 6.09. The van der Waals surface area contributed by atoms with Crippen LogP contribution in [0.1, 0.15) is 71.1 Å². The minimum atomic E-state index is -0.572. The minimum Gasteiger partial charge on any atom is -0.462 e. The van der Waals surface area contributed by atoms with Crippen molar-refractivity contribution < 1.29 is 28.7 Å². The largest absolute Gasteiger partial charge is 0.462 e. The van der Waals surface area contributed by atoms with Gasteiger partial charge in [0.15, 0.2) is 6.61 Å². The number of hydrogen-bond donors (Lipinski definition) is 1. The van der Waals surface area contributed by atoms with Crippen molar-refractivity contribution in [2.75, 3.05) is 13.2 Å². The van der Waals surface area contributed by atoms with Crippen LogP contribution in [-0.2, 0) is 19.1 Å². The molecule has 0 aliphatic heterocycles. The Hall–Kier alpha value is -2.44. The first-order valence-electron chi connectivity index (χ1n) is 9.93. The summed E-state index contributed by atoms with van der Waals surface area (Å²) in [4.78, 5) is 52.5. The lowest BCUT2D eigenvalue weighted by atomic mass is 9.67. The van der Waals surface area contributed by atoms with Gasteiger partial charge in [-0.3, -0.25) is 14.4 Å². The molecule has 2 aliphatic rings. The molecule has 0 saturated heterocycles. The molecule has 3 atom stereocenters. The van der Waals surface area contributed by atoms with Gasteiger partial charge in [0, 0.05) is 23.2 Å². The Labute approximate surface area is 164 Å². The van der Waals surface area contributed by atoms with Gasteiger partial charge < -0.3 is 14.5 Å². The summed E-state index contributed by atoms with van der Waals surface area (Å²) in [6, 6.07) is 0. The number of aromatic nitrogens is 1. The molecule has 0 aromatic carbocycles. The summed E-state index contributed by atoms with van der Waals surface area (Å²) in [5.74, 6) is -1.59. The highest BCUT2D eigenvalue weighted by Gasteiger charge is 2.42. The summed E-state index contributed by atoms with van der Waals surface area (Å²) >= 11 is 0. The van der Waals surface area contributed by atoms with Crippen LogP contribution in [0, 0.1) is 31.6 Å². The van der Waals surface area contributed by atoms with Crippen molar-refractivity contribution in [2.24, 2.45) is 17.8 Å². The number of carbonyl (C=O) groups is 4. The van der Waals surface area contributed by atoms with Gasteiger partial charge in [0.05, 0.1) is 23.7 Å². The van der Waals surface area contributed by atoms with Crippen LogP contribution in [0.5, 0.6) is 0 Å². The molecular weight excluding hydrogens is 362 g/mol. The van der Waals surface area contributed by atoms with Crippen LogP contribution in [0.4, 0.5) is 0 Å². The molecule has 0 amide bonds. The molecule has 1 aromatic rings. The van der Waals surface area contributed by atoms with Crippen molar-refractivity contribution in [3.05, 3.63) is 22.5 Å². The van der Waals surface area contributed by atoms with Gasteiger partial charge >= 0.3 is 11.9 Å². The number of carbonyl (C=O) groups excluding carboxylic acids is 4. The fourth-order valence-electron chi connectivity index (χ4n) is 4.59. The molecule has 28 heavy (non-hydrogen) atoms. The molecule has 3 rings (SSSR count). The van der Waals surface area contributed by atoms with Crippen molar-refractivity contribution >= 4 is 23.5 Å². The molecule has 2 saturated carbocycles. The summed E-state index contributed by atoms with van der Waals surface area (Å²) < 4.78 is 10.3. The SMILES string of the molecule is CCOC(=O)c1c(C)[nH]c(C)c1C(=O)COC(=O)C1C[C@H]2CCC[C@@H](C1)C2=O. The maximum Gasteiger partial charge on any atom is 0.340 e. The second-order valence-corrected chi connectivity index (χ2v) is 7.77. The van der Waals surface area contributed by atoms with E-state index in [1.165, 1.54) is 0 Å². The number of fused-ring (bicyclic) bond motifs is 2. The first-order valence-corrected chi connectivity index (χ1v) is 9.93. The maximum absolute atomic E-state index is 12.7. The molecule has 7 heteroatoms. The lowest BCUT2D eigenvalue weighted by Gasteiger charge is -2.36. The fraction of sp³-hybridized carbons (Fsp3) is 0.619. The van der Waals surface area contributed by atoms with Gasteiger partial charge in [-0.05, 0) is 46.5 Å². The van der Waals surface area contributed by atoms with Crippen molar-refractivity contribution in [1.29, 1.82) is 0 Å². The van der Waals surface area contributed by atoms with Gasteiger partial charge in [-0.25, -0.2) is 4.79 Å². The van der Waals surface area contributed by atoms with Crippen molar-refractivity contribution in [3.63, 3.8) is 0 Å². The quantitative estimate of drug-likeness (QED) is 0.593. The first-order chi connectivity index (χ1) is 13.3. The van der Waals surface area contributed by atoms with Gasteiger partial charge in [-0.1, -0.05) is 6.42 Å². The number of Topliss-reactive ketones (excluding diaryl/α,β-unsaturated/α-hetero) is 2. The van der Waals surface area contributed by atoms with Crippen LogP contribution < -0.4 is 0 Å². The minimum absolute atomic E-state index is 0.0502. The third-order valence-electron chi connectivity index (χ3n) is 5.86. The van der Waals surface area contributed by atoms with Crippen molar-refractivity contribution in [1.82, 2.24) is 4.98 Å². The fourth-order valence-corrected chi connectivity index (χ4v) is 4.59. The molecule has 7 nitrogen and oxygen atoms in total. The monoisotopic (exact) mass is 389 g/mol. The van der Waals surface area contributed by atoms with E-state index in [9.17, 15) is 19.2 Å². The molecule has 1 aromatic heterocycles. The second-order valence-electron chi connectivity index (χ2n) is 7.77. The van der Waals surface area contributed by atoms with Gasteiger partial charge in [-0.2, -0.15) is 0 Å². The molecule has 2 fully saturated rings. The van der Waals surface area contributed by atoms with E-state index in [2.05, 4.69) is 4.98 Å². The highest BCUT2D eigenvalue weighted by atomic mass is 16.5. The van der Waals surface area contributed by atoms with E-state index in [-0.39, 0.29) is 41.3 Å². The second kappa shape index (κ2) is 8.29. The number of aromatic amines is 1. The van der Waals surface area contributed by atoms with Gasteiger partial charge in [0.1, 0.15) is 5.78 Å². The van der Waals surface area contributed by atoms with Crippen LogP contribution in [0.25, 0.3) is 0 Å². The Morgan fingerprint density at radius 1 is 1.00 bits per heavy atom. The lowest BCUT2D eigenvalue weighted by molar-refractivity contribution is -0.152. The zero-order chi connectivity index (χ0) is 20.4. The molecule has 152 valence electrons. The summed E-state index contributed by atoms with van der Waals surface area (Å²) in [5.41, 5.74) is 1.49. The predicted octanol–water partition coefficient (Wildman–Crippen LogP) is 2.93. The van der Waals surface area contributed by atoms with Crippen LogP contribution in [0.15, 0.2) is 0 Å². The Morgan fingerprint density at radius 3 is 2.21 bits per heavy atom. The average Bonchev–Trinajstić information content (AvgIpc) is 2.93. The van der Waals surface area contributed by atoms with Crippen LogP contribution in [0.2, 0.25) is 0 Å². The molecule has 2 bridgehead atoms. The van der Waals surface area contributed by atoms with E-state index in [1.54, 1.807) is 20.8 Å². The van der Waals surface area contributed by atoms with Crippen molar-refractivity contribution in [2.45, 2.75) is 52.9 Å².